The SMILES string of the molecule is Cc1ccc(CN2CCN(CCc3ccccc3)[C@H]3CS(=O)(=O)C[C@H]32)o1. The number of rotatable bonds is 5. The van der Waals surface area contributed by atoms with Crippen LogP contribution in [0.15, 0.2) is 46.9 Å². The third-order valence-corrected chi connectivity index (χ3v) is 7.29. The second-order valence-corrected chi connectivity index (χ2v) is 9.62. The average Bonchev–Trinajstić information content (AvgIpc) is 3.17. The molecule has 6 heteroatoms. The maximum Gasteiger partial charge on any atom is 0.153 e. The highest BCUT2D eigenvalue weighted by atomic mass is 32.2. The number of sulfone groups is 1. The van der Waals surface area contributed by atoms with E-state index in [1.165, 1.54) is 5.56 Å². The topological polar surface area (TPSA) is 53.8 Å². The lowest BCUT2D eigenvalue weighted by molar-refractivity contribution is 0.0370. The highest BCUT2D eigenvalue weighted by Crippen LogP contribution is 2.28. The molecule has 0 unspecified atom stereocenters. The molecule has 1 aromatic carbocycles. The summed E-state index contributed by atoms with van der Waals surface area (Å²) < 4.78 is 30.4. The molecule has 0 N–H and O–H groups in total. The molecule has 2 saturated heterocycles. The van der Waals surface area contributed by atoms with Crippen LogP contribution in [0.3, 0.4) is 0 Å². The van der Waals surface area contributed by atoms with Crippen LogP contribution in [-0.2, 0) is 22.8 Å². The minimum absolute atomic E-state index is 0.0647. The van der Waals surface area contributed by atoms with Gasteiger partial charge in [-0.05, 0) is 31.0 Å². The Morgan fingerprint density at radius 1 is 1.00 bits per heavy atom. The fourth-order valence-corrected chi connectivity index (χ4v) is 6.30. The zero-order valence-corrected chi connectivity index (χ0v) is 16.0. The van der Waals surface area contributed by atoms with Crippen LogP contribution in [0.1, 0.15) is 17.1 Å². The van der Waals surface area contributed by atoms with Crippen LogP contribution >= 0.6 is 0 Å². The standard InChI is InChI=1S/C20H26N2O3S/c1-16-7-8-18(25-16)13-22-12-11-21(10-9-17-5-3-2-4-6-17)19-14-26(23,24)15-20(19)22/h2-8,19-20H,9-15H2,1H3/t19-,20+/m0/s1. The third-order valence-electron chi connectivity index (χ3n) is 5.59. The Bertz CT molecular complexity index is 847. The van der Waals surface area contributed by atoms with E-state index in [4.69, 9.17) is 4.42 Å². The Hall–Kier alpha value is -1.63. The van der Waals surface area contributed by atoms with Crippen molar-refractivity contribution in [3.63, 3.8) is 0 Å². The van der Waals surface area contributed by atoms with Crippen molar-refractivity contribution in [1.29, 1.82) is 0 Å². The summed E-state index contributed by atoms with van der Waals surface area (Å²) in [4.78, 5) is 4.68. The van der Waals surface area contributed by atoms with Crippen LogP contribution in [0, 0.1) is 6.92 Å². The lowest BCUT2D eigenvalue weighted by Crippen LogP contribution is -2.58. The molecule has 2 aliphatic rings. The average molecular weight is 375 g/mol. The van der Waals surface area contributed by atoms with E-state index in [2.05, 4.69) is 34.1 Å². The number of furan rings is 1. The van der Waals surface area contributed by atoms with Crippen LogP contribution in [-0.4, -0.2) is 61.4 Å². The summed E-state index contributed by atoms with van der Waals surface area (Å²) in [6.45, 7) is 5.33. The summed E-state index contributed by atoms with van der Waals surface area (Å²) in [5.41, 5.74) is 1.30. The van der Waals surface area contributed by atoms with Crippen molar-refractivity contribution in [3.05, 3.63) is 59.5 Å². The van der Waals surface area contributed by atoms with E-state index in [0.29, 0.717) is 6.54 Å². The summed E-state index contributed by atoms with van der Waals surface area (Å²) in [7, 11) is -2.98. The van der Waals surface area contributed by atoms with Crippen LogP contribution in [0.5, 0.6) is 0 Å². The van der Waals surface area contributed by atoms with Crippen molar-refractivity contribution in [2.24, 2.45) is 0 Å². The summed E-state index contributed by atoms with van der Waals surface area (Å²) >= 11 is 0. The van der Waals surface area contributed by atoms with Gasteiger partial charge in [0.2, 0.25) is 0 Å². The predicted octanol–water partition coefficient (Wildman–Crippen LogP) is 2.11. The highest BCUT2D eigenvalue weighted by molar-refractivity contribution is 7.91. The summed E-state index contributed by atoms with van der Waals surface area (Å²) in [6.07, 6.45) is 0.960. The van der Waals surface area contributed by atoms with Gasteiger partial charge in [-0.1, -0.05) is 30.3 Å². The first-order valence-corrected chi connectivity index (χ1v) is 11.1. The quantitative estimate of drug-likeness (QED) is 0.802. The number of benzene rings is 1. The van der Waals surface area contributed by atoms with Crippen molar-refractivity contribution in [2.75, 3.05) is 31.1 Å². The summed E-state index contributed by atoms with van der Waals surface area (Å²) in [5, 5.41) is 0. The van der Waals surface area contributed by atoms with E-state index in [9.17, 15) is 8.42 Å². The highest BCUT2D eigenvalue weighted by Gasteiger charge is 2.46. The van der Waals surface area contributed by atoms with Gasteiger partial charge < -0.3 is 4.42 Å². The fourth-order valence-electron chi connectivity index (χ4n) is 4.26. The smallest absolute Gasteiger partial charge is 0.153 e. The van der Waals surface area contributed by atoms with Crippen molar-refractivity contribution < 1.29 is 12.8 Å². The number of hydrogen-bond donors (Lipinski definition) is 0. The van der Waals surface area contributed by atoms with Crippen LogP contribution < -0.4 is 0 Å². The first-order chi connectivity index (χ1) is 12.5. The van der Waals surface area contributed by atoms with Gasteiger partial charge >= 0.3 is 0 Å². The minimum atomic E-state index is -2.98. The molecule has 0 radical (unpaired) electrons. The Kier molecular flexibility index (Phi) is 4.90. The maximum atomic E-state index is 12.3. The maximum absolute atomic E-state index is 12.3. The number of fused-ring (bicyclic) bond motifs is 1. The Balaban J connectivity index is 1.46. The number of aryl methyl sites for hydroxylation is 1. The zero-order chi connectivity index (χ0) is 18.1. The molecule has 2 atom stereocenters. The molecule has 0 aliphatic carbocycles. The second-order valence-electron chi connectivity index (χ2n) is 7.47. The van der Waals surface area contributed by atoms with Gasteiger partial charge in [0.05, 0.1) is 18.1 Å². The van der Waals surface area contributed by atoms with Gasteiger partial charge in [-0.3, -0.25) is 9.80 Å². The molecule has 2 fully saturated rings. The normalized spacial score (nSPS) is 26.0. The number of piperazine rings is 1. The molecule has 140 valence electrons. The van der Waals surface area contributed by atoms with Crippen molar-refractivity contribution in [3.8, 4) is 0 Å². The zero-order valence-electron chi connectivity index (χ0n) is 15.2. The molecule has 0 amide bonds. The first-order valence-electron chi connectivity index (χ1n) is 9.28. The number of hydrogen-bond acceptors (Lipinski definition) is 5. The molecule has 1 aromatic heterocycles. The Morgan fingerprint density at radius 2 is 1.69 bits per heavy atom. The summed E-state index contributed by atoms with van der Waals surface area (Å²) in [5.74, 6) is 2.36. The minimum Gasteiger partial charge on any atom is -0.465 e. The van der Waals surface area contributed by atoms with Crippen LogP contribution in [0.2, 0.25) is 0 Å². The molecule has 4 rings (SSSR count). The van der Waals surface area contributed by atoms with Crippen LogP contribution in [0.4, 0.5) is 0 Å². The molecular weight excluding hydrogens is 348 g/mol. The van der Waals surface area contributed by atoms with Crippen LogP contribution in [0.25, 0.3) is 0 Å². The molecular formula is C20H26N2O3S. The summed E-state index contributed by atoms with van der Waals surface area (Å²) in [6, 6.07) is 14.5. The lowest BCUT2D eigenvalue weighted by Gasteiger charge is -2.43. The Morgan fingerprint density at radius 3 is 2.38 bits per heavy atom. The Labute approximate surface area is 155 Å². The first kappa shape index (κ1) is 17.8. The van der Waals surface area contributed by atoms with E-state index < -0.39 is 9.84 Å². The van der Waals surface area contributed by atoms with Gasteiger partial charge in [0, 0.05) is 31.7 Å². The fraction of sp³-hybridized carbons (Fsp3) is 0.500. The number of nitrogens with zero attached hydrogens (tertiary/aromatic N) is 2. The third kappa shape index (κ3) is 3.87. The van der Waals surface area contributed by atoms with E-state index in [1.807, 2.05) is 25.1 Å². The monoisotopic (exact) mass is 374 g/mol. The van der Waals surface area contributed by atoms with Crippen molar-refractivity contribution in [2.45, 2.75) is 32.0 Å². The van der Waals surface area contributed by atoms with Gasteiger partial charge in [0.25, 0.3) is 0 Å². The van der Waals surface area contributed by atoms with Crippen molar-refractivity contribution >= 4 is 9.84 Å². The van der Waals surface area contributed by atoms with Gasteiger partial charge in [0.15, 0.2) is 9.84 Å². The molecule has 0 bridgehead atoms. The molecule has 5 nitrogen and oxygen atoms in total. The van der Waals surface area contributed by atoms with E-state index in [1.54, 1.807) is 0 Å². The van der Waals surface area contributed by atoms with Gasteiger partial charge in [-0.15, -0.1) is 0 Å². The largest absolute Gasteiger partial charge is 0.465 e. The van der Waals surface area contributed by atoms with Crippen molar-refractivity contribution in [1.82, 2.24) is 9.80 Å². The predicted molar refractivity (Wildman–Crippen MR) is 102 cm³/mol. The molecule has 3 heterocycles. The lowest BCUT2D eigenvalue weighted by atomic mass is 10.0. The molecule has 2 aliphatic heterocycles. The molecule has 0 spiro atoms. The van der Waals surface area contributed by atoms with Gasteiger partial charge in [-0.25, -0.2) is 8.42 Å². The molecule has 0 saturated carbocycles. The van der Waals surface area contributed by atoms with Gasteiger partial charge in [-0.2, -0.15) is 0 Å². The van der Waals surface area contributed by atoms with E-state index in [0.717, 1.165) is 37.6 Å². The molecule has 26 heavy (non-hydrogen) atoms. The van der Waals surface area contributed by atoms with E-state index >= 15 is 0 Å². The molecule has 2 aromatic rings. The van der Waals surface area contributed by atoms with E-state index in [-0.39, 0.29) is 23.6 Å². The second kappa shape index (κ2) is 7.18. The van der Waals surface area contributed by atoms with Gasteiger partial charge in [0.1, 0.15) is 11.5 Å².